The number of aryl methyl sites for hydroxylation is 1. The Labute approximate surface area is 316 Å². The monoisotopic (exact) mass is 684 g/mol. The highest BCUT2D eigenvalue weighted by Crippen LogP contribution is 2.62. The second kappa shape index (κ2) is 11.8. The van der Waals surface area contributed by atoms with Gasteiger partial charge in [-0.1, -0.05) is 187 Å². The molecule has 0 spiro atoms. The molecule has 260 valence electrons. The van der Waals surface area contributed by atoms with Crippen LogP contribution in [0.4, 0.5) is 0 Å². The van der Waals surface area contributed by atoms with Gasteiger partial charge in [0.2, 0.25) is 0 Å². The summed E-state index contributed by atoms with van der Waals surface area (Å²) in [5.74, 6) is 0. The summed E-state index contributed by atoms with van der Waals surface area (Å²) in [7, 11) is 0. The lowest BCUT2D eigenvalue weighted by molar-refractivity contribution is 0.125. The van der Waals surface area contributed by atoms with Gasteiger partial charge >= 0.3 is 0 Å². The molecule has 7 aromatic carbocycles. The Morgan fingerprint density at radius 2 is 0.811 bits per heavy atom. The van der Waals surface area contributed by atoms with E-state index in [9.17, 15) is 0 Å². The van der Waals surface area contributed by atoms with Crippen molar-refractivity contribution in [2.75, 3.05) is 0 Å². The predicted molar refractivity (Wildman–Crippen MR) is 225 cm³/mol. The quantitative estimate of drug-likeness (QED) is 0.169. The van der Waals surface area contributed by atoms with Crippen LogP contribution < -0.4 is 0 Å². The van der Waals surface area contributed by atoms with E-state index in [1.54, 1.807) is 0 Å². The third kappa shape index (κ3) is 4.74. The zero-order valence-corrected chi connectivity index (χ0v) is 32.1. The average Bonchev–Trinajstić information content (AvgIpc) is 3.53. The fourth-order valence-electron chi connectivity index (χ4n) is 9.83. The van der Waals surface area contributed by atoms with Crippen LogP contribution in [0, 0.1) is 12.3 Å². The van der Waals surface area contributed by atoms with Gasteiger partial charge in [0.1, 0.15) is 0 Å². The summed E-state index contributed by atoms with van der Waals surface area (Å²) < 4.78 is 0. The van der Waals surface area contributed by atoms with Crippen LogP contribution in [0.2, 0.25) is 0 Å². The van der Waals surface area contributed by atoms with Gasteiger partial charge in [0.25, 0.3) is 0 Å². The molecule has 0 unspecified atom stereocenters. The van der Waals surface area contributed by atoms with E-state index in [-0.39, 0.29) is 16.2 Å². The molecular weight excluding hydrogens is 637 g/mol. The molecule has 0 heterocycles. The molecule has 0 N–H and O–H groups in total. The Morgan fingerprint density at radius 3 is 1.43 bits per heavy atom. The maximum Gasteiger partial charge on any atom is 0.0713 e. The van der Waals surface area contributed by atoms with Gasteiger partial charge < -0.3 is 0 Å². The average molecular weight is 685 g/mol. The molecule has 0 aliphatic heterocycles. The predicted octanol–water partition coefficient (Wildman–Crippen LogP) is 14.0. The summed E-state index contributed by atoms with van der Waals surface area (Å²) in [5, 5.41) is 0. The first-order chi connectivity index (χ1) is 25.4. The largest absolute Gasteiger partial charge is 0.0713 e. The molecule has 0 saturated carbocycles. The minimum atomic E-state index is -0.444. The molecular formula is C53H48. The summed E-state index contributed by atoms with van der Waals surface area (Å²) in [6.45, 7) is 16.8. The zero-order valence-electron chi connectivity index (χ0n) is 32.1. The first-order valence-corrected chi connectivity index (χ1v) is 19.2. The first-order valence-electron chi connectivity index (χ1n) is 19.2. The highest BCUT2D eigenvalue weighted by Gasteiger charge is 2.56. The van der Waals surface area contributed by atoms with Crippen molar-refractivity contribution >= 4 is 0 Å². The molecule has 7 aromatic rings. The van der Waals surface area contributed by atoms with Gasteiger partial charge in [0, 0.05) is 0 Å². The molecule has 53 heavy (non-hydrogen) atoms. The minimum absolute atomic E-state index is 0.0357. The maximum atomic E-state index is 2.50. The lowest BCUT2D eigenvalue weighted by Crippen LogP contribution is -2.42. The Hall–Kier alpha value is -5.46. The van der Waals surface area contributed by atoms with Gasteiger partial charge in [-0.05, 0) is 125 Å². The van der Waals surface area contributed by atoms with Gasteiger partial charge in [0.15, 0.2) is 0 Å². The van der Waals surface area contributed by atoms with Crippen LogP contribution in [0.1, 0.15) is 80.5 Å². The van der Waals surface area contributed by atoms with E-state index in [1.807, 2.05) is 0 Å². The molecule has 0 heteroatoms. The summed E-state index contributed by atoms with van der Waals surface area (Å²) in [6.07, 6.45) is 0. The van der Waals surface area contributed by atoms with E-state index >= 15 is 0 Å². The van der Waals surface area contributed by atoms with Crippen molar-refractivity contribution in [2.24, 2.45) is 5.41 Å². The minimum Gasteiger partial charge on any atom is -0.0622 e. The number of hydrogen-bond acceptors (Lipinski definition) is 0. The standard InChI is InChI=1S/C53H48/c1-35-17-15-21-42(29-35)53(46-25-13-11-23-44(46)45-24-12-14-26-47(45)53)43-22-16-20-37(33-43)40-30-39(36-18-9-8-10-19-36)31-41(32-40)38-27-28-48-49(34-38)51(4,5)52(6,7)50(48,2)3/h8-34H,1-7H3. The fraction of sp³-hybridized carbons (Fsp3) is 0.208. The third-order valence-corrected chi connectivity index (χ3v) is 13.9. The summed E-state index contributed by atoms with van der Waals surface area (Å²) in [6, 6.07) is 61.9. The second-order valence-electron chi connectivity index (χ2n) is 17.1. The van der Waals surface area contributed by atoms with Crippen LogP contribution in [-0.4, -0.2) is 0 Å². The van der Waals surface area contributed by atoms with E-state index in [4.69, 9.17) is 0 Å². The van der Waals surface area contributed by atoms with Crippen molar-refractivity contribution in [1.82, 2.24) is 0 Å². The summed E-state index contributed by atoms with van der Waals surface area (Å²) in [4.78, 5) is 0. The van der Waals surface area contributed by atoms with Crippen molar-refractivity contribution in [2.45, 2.75) is 64.7 Å². The maximum absolute atomic E-state index is 2.50. The van der Waals surface area contributed by atoms with Crippen molar-refractivity contribution in [1.29, 1.82) is 0 Å². The second-order valence-corrected chi connectivity index (χ2v) is 17.1. The highest BCUT2D eigenvalue weighted by atomic mass is 14.6. The van der Waals surface area contributed by atoms with Gasteiger partial charge in [-0.15, -0.1) is 0 Å². The summed E-state index contributed by atoms with van der Waals surface area (Å²) in [5.41, 5.74) is 19.3. The van der Waals surface area contributed by atoms with Crippen molar-refractivity contribution in [3.63, 3.8) is 0 Å². The van der Waals surface area contributed by atoms with Gasteiger partial charge in [-0.3, -0.25) is 0 Å². The molecule has 0 radical (unpaired) electrons. The molecule has 0 amide bonds. The molecule has 0 nitrogen and oxygen atoms in total. The number of hydrogen-bond donors (Lipinski definition) is 0. The van der Waals surface area contributed by atoms with Gasteiger partial charge in [-0.2, -0.15) is 0 Å². The lowest BCUT2D eigenvalue weighted by atomic mass is 9.59. The normalized spacial score (nSPS) is 16.8. The van der Waals surface area contributed by atoms with Crippen molar-refractivity contribution in [3.8, 4) is 44.5 Å². The SMILES string of the molecule is Cc1cccc(C2(c3cccc(-c4cc(-c5ccccc5)cc(-c5ccc6c(c5)C(C)(C)C(C)(C)C6(C)C)c4)c3)c3ccccc3-c3ccccc32)c1. The van der Waals surface area contributed by atoms with Gasteiger partial charge in [-0.25, -0.2) is 0 Å². The molecule has 0 bridgehead atoms. The number of benzene rings is 7. The van der Waals surface area contributed by atoms with E-state index in [2.05, 4.69) is 212 Å². The first kappa shape index (κ1) is 33.4. The Kier molecular flexibility index (Phi) is 7.42. The summed E-state index contributed by atoms with van der Waals surface area (Å²) >= 11 is 0. The molecule has 2 aliphatic rings. The topological polar surface area (TPSA) is 0 Å². The zero-order chi connectivity index (χ0) is 36.8. The lowest BCUT2D eigenvalue weighted by Gasteiger charge is -2.44. The van der Waals surface area contributed by atoms with E-state index < -0.39 is 5.41 Å². The van der Waals surface area contributed by atoms with E-state index in [0.29, 0.717) is 0 Å². The fourth-order valence-corrected chi connectivity index (χ4v) is 9.83. The Morgan fingerprint density at radius 1 is 0.321 bits per heavy atom. The van der Waals surface area contributed by atoms with Crippen LogP contribution in [0.25, 0.3) is 44.5 Å². The molecule has 9 rings (SSSR count). The highest BCUT2D eigenvalue weighted by molar-refractivity contribution is 5.87. The van der Waals surface area contributed by atoms with Crippen molar-refractivity contribution in [3.05, 3.63) is 203 Å². The van der Waals surface area contributed by atoms with Crippen LogP contribution in [0.3, 0.4) is 0 Å². The molecule has 0 fully saturated rings. The molecule has 0 saturated heterocycles. The third-order valence-electron chi connectivity index (χ3n) is 13.9. The smallest absolute Gasteiger partial charge is 0.0622 e. The molecule has 0 atom stereocenters. The Balaban J connectivity index is 1.27. The van der Waals surface area contributed by atoms with Crippen LogP contribution in [0.15, 0.2) is 164 Å². The van der Waals surface area contributed by atoms with Crippen LogP contribution >= 0.6 is 0 Å². The van der Waals surface area contributed by atoms with E-state index in [1.165, 1.54) is 83.5 Å². The van der Waals surface area contributed by atoms with Gasteiger partial charge in [0.05, 0.1) is 5.41 Å². The van der Waals surface area contributed by atoms with Crippen LogP contribution in [-0.2, 0) is 16.2 Å². The molecule has 2 aliphatic carbocycles. The number of fused-ring (bicyclic) bond motifs is 4. The van der Waals surface area contributed by atoms with E-state index in [0.717, 1.165) is 0 Å². The van der Waals surface area contributed by atoms with Crippen LogP contribution in [0.5, 0.6) is 0 Å². The van der Waals surface area contributed by atoms with Crippen molar-refractivity contribution < 1.29 is 0 Å². The Bertz CT molecular complexity index is 2500. The number of rotatable bonds is 5. The molecule has 0 aromatic heterocycles.